The molecule has 0 saturated carbocycles. The van der Waals surface area contributed by atoms with Gasteiger partial charge in [-0.2, -0.15) is 0 Å². The van der Waals surface area contributed by atoms with Crippen molar-refractivity contribution in [3.8, 4) is 0 Å². The van der Waals surface area contributed by atoms with E-state index in [-0.39, 0.29) is 5.41 Å². The molecule has 5 heteroatoms. The van der Waals surface area contributed by atoms with Crippen LogP contribution in [0.2, 0.25) is 0 Å². The zero-order valence-corrected chi connectivity index (χ0v) is 8.52. The first-order chi connectivity index (χ1) is 6.48. The summed E-state index contributed by atoms with van der Waals surface area (Å²) in [6, 6.07) is 1.94. The van der Waals surface area contributed by atoms with E-state index in [1.54, 1.807) is 4.40 Å². The minimum atomic E-state index is 0.0163. The van der Waals surface area contributed by atoms with E-state index in [0.717, 1.165) is 5.69 Å². The second-order valence-corrected chi connectivity index (χ2v) is 4.29. The third-order valence-corrected chi connectivity index (χ3v) is 2.07. The molecule has 2 aromatic rings. The molecule has 74 valence electrons. The lowest BCUT2D eigenvalue weighted by Crippen LogP contribution is -2.14. The van der Waals surface area contributed by atoms with Crippen molar-refractivity contribution in [3.63, 3.8) is 0 Å². The lowest BCUT2D eigenvalue weighted by atomic mass is 9.92. The van der Waals surface area contributed by atoms with E-state index in [1.807, 2.05) is 12.3 Å². The molecule has 2 rings (SSSR count). The maximum atomic E-state index is 5.58. The largest absolute Gasteiger partial charge is 0.368 e. The average molecular weight is 191 g/mol. The third-order valence-electron chi connectivity index (χ3n) is 2.07. The molecule has 2 aromatic heterocycles. The van der Waals surface area contributed by atoms with Gasteiger partial charge in [0.05, 0.1) is 5.69 Å². The molecule has 0 aliphatic heterocycles. The molecule has 0 bridgehead atoms. The Hall–Kier alpha value is -1.65. The summed E-state index contributed by atoms with van der Waals surface area (Å²) in [5.74, 6) is 0.919. The molecule has 2 N–H and O–H groups in total. The topological polar surface area (TPSA) is 69.1 Å². The highest BCUT2D eigenvalue weighted by Gasteiger charge is 2.16. The van der Waals surface area contributed by atoms with E-state index in [0.29, 0.717) is 11.7 Å². The average Bonchev–Trinajstić information content (AvgIpc) is 2.46. The molecule has 0 aliphatic carbocycles. The molecular weight excluding hydrogens is 178 g/mol. The first-order valence-corrected chi connectivity index (χ1v) is 4.46. The zero-order chi connectivity index (χ0) is 10.3. The Bertz CT molecular complexity index is 465. The lowest BCUT2D eigenvalue weighted by Gasteiger charge is -2.16. The van der Waals surface area contributed by atoms with Gasteiger partial charge in [0, 0.05) is 11.6 Å². The van der Waals surface area contributed by atoms with Gasteiger partial charge in [-0.3, -0.25) is 4.40 Å². The summed E-state index contributed by atoms with van der Waals surface area (Å²) in [6.45, 7) is 6.31. The number of hydrogen-bond donors (Lipinski definition) is 1. The molecule has 0 radical (unpaired) electrons. The summed E-state index contributed by atoms with van der Waals surface area (Å²) >= 11 is 0. The Morgan fingerprint density at radius 3 is 2.64 bits per heavy atom. The van der Waals surface area contributed by atoms with Crippen LogP contribution in [0.3, 0.4) is 0 Å². The fourth-order valence-corrected chi connectivity index (χ4v) is 1.22. The molecule has 0 unspecified atom stereocenters. The zero-order valence-electron chi connectivity index (χ0n) is 8.52. The Balaban J connectivity index is 2.63. The molecule has 0 aromatic carbocycles. The van der Waals surface area contributed by atoms with Crippen LogP contribution < -0.4 is 5.73 Å². The van der Waals surface area contributed by atoms with Crippen molar-refractivity contribution >= 4 is 11.7 Å². The molecule has 0 fully saturated rings. The number of nitrogen functional groups attached to an aromatic ring is 1. The van der Waals surface area contributed by atoms with Crippen molar-refractivity contribution in [2.24, 2.45) is 0 Å². The van der Waals surface area contributed by atoms with Crippen molar-refractivity contribution in [3.05, 3.63) is 18.0 Å². The molecule has 2 heterocycles. The number of nitrogens with two attached hydrogens (primary N) is 1. The predicted molar refractivity (Wildman–Crippen MR) is 53.9 cm³/mol. The highest BCUT2D eigenvalue weighted by Crippen LogP contribution is 2.20. The summed E-state index contributed by atoms with van der Waals surface area (Å²) in [5.41, 5.74) is 6.58. The van der Waals surface area contributed by atoms with Gasteiger partial charge >= 0.3 is 0 Å². The summed E-state index contributed by atoms with van der Waals surface area (Å²) in [5, 5.41) is 7.62. The van der Waals surface area contributed by atoms with Crippen LogP contribution in [0.4, 0.5) is 5.95 Å². The summed E-state index contributed by atoms with van der Waals surface area (Å²) in [4.78, 5) is 4.38. The molecule has 0 saturated heterocycles. The van der Waals surface area contributed by atoms with E-state index < -0.39 is 0 Å². The number of fused-ring (bicyclic) bond motifs is 1. The number of anilines is 1. The Labute approximate surface area is 82.0 Å². The predicted octanol–water partition coefficient (Wildman–Crippen LogP) is 1.00. The monoisotopic (exact) mass is 191 g/mol. The van der Waals surface area contributed by atoms with Gasteiger partial charge in [0.2, 0.25) is 5.95 Å². The standard InChI is InChI=1S/C9H13N5/c1-9(2,3)6-4-5-14-7(10)12-13-8(14)11-6/h4-5H,1-3H3,(H2,10,12). The highest BCUT2D eigenvalue weighted by molar-refractivity contribution is 5.37. The minimum Gasteiger partial charge on any atom is -0.368 e. The first-order valence-electron chi connectivity index (χ1n) is 4.46. The second kappa shape index (κ2) is 2.67. The van der Waals surface area contributed by atoms with Crippen molar-refractivity contribution in [1.82, 2.24) is 19.6 Å². The summed E-state index contributed by atoms with van der Waals surface area (Å²) in [6.07, 6.45) is 1.85. The number of hydrogen-bond acceptors (Lipinski definition) is 4. The van der Waals surface area contributed by atoms with Gasteiger partial charge in [-0.1, -0.05) is 20.8 Å². The molecule has 5 nitrogen and oxygen atoms in total. The van der Waals surface area contributed by atoms with Crippen LogP contribution in [0.1, 0.15) is 26.5 Å². The van der Waals surface area contributed by atoms with Gasteiger partial charge in [-0.05, 0) is 6.07 Å². The van der Waals surface area contributed by atoms with E-state index in [9.17, 15) is 0 Å². The molecule has 0 aliphatic rings. The molecule has 14 heavy (non-hydrogen) atoms. The van der Waals surface area contributed by atoms with E-state index >= 15 is 0 Å². The lowest BCUT2D eigenvalue weighted by molar-refractivity contribution is 0.568. The molecule has 0 amide bonds. The van der Waals surface area contributed by atoms with Crippen molar-refractivity contribution in [2.75, 3.05) is 5.73 Å². The van der Waals surface area contributed by atoms with Crippen LogP contribution in [-0.2, 0) is 5.41 Å². The maximum Gasteiger partial charge on any atom is 0.256 e. The maximum absolute atomic E-state index is 5.58. The van der Waals surface area contributed by atoms with Crippen molar-refractivity contribution < 1.29 is 0 Å². The van der Waals surface area contributed by atoms with Crippen molar-refractivity contribution in [2.45, 2.75) is 26.2 Å². The summed E-state index contributed by atoms with van der Waals surface area (Å²) in [7, 11) is 0. The van der Waals surface area contributed by atoms with Crippen LogP contribution in [-0.4, -0.2) is 19.6 Å². The van der Waals surface area contributed by atoms with Crippen LogP contribution in [0, 0.1) is 0 Å². The van der Waals surface area contributed by atoms with E-state index in [1.165, 1.54) is 0 Å². The van der Waals surface area contributed by atoms with Crippen molar-refractivity contribution in [1.29, 1.82) is 0 Å². The van der Waals surface area contributed by atoms with Crippen LogP contribution >= 0.6 is 0 Å². The third kappa shape index (κ3) is 1.30. The minimum absolute atomic E-state index is 0.0163. The van der Waals surface area contributed by atoms with E-state index in [2.05, 4.69) is 36.0 Å². The fraction of sp³-hybridized carbons (Fsp3) is 0.444. The number of aromatic nitrogens is 4. The Morgan fingerprint density at radius 2 is 2.00 bits per heavy atom. The van der Waals surface area contributed by atoms with Gasteiger partial charge in [0.15, 0.2) is 0 Å². The van der Waals surface area contributed by atoms with Gasteiger partial charge < -0.3 is 5.73 Å². The summed E-state index contributed by atoms with van der Waals surface area (Å²) < 4.78 is 1.66. The van der Waals surface area contributed by atoms with Gasteiger partial charge in [-0.25, -0.2) is 4.98 Å². The Kier molecular flexibility index (Phi) is 1.70. The SMILES string of the molecule is CC(C)(C)c1ccn2c(N)nnc2n1. The highest BCUT2D eigenvalue weighted by atomic mass is 15.3. The second-order valence-electron chi connectivity index (χ2n) is 4.29. The smallest absolute Gasteiger partial charge is 0.256 e. The normalized spacial score (nSPS) is 12.2. The van der Waals surface area contributed by atoms with Crippen LogP contribution in [0.25, 0.3) is 5.78 Å². The molecular formula is C9H13N5. The Morgan fingerprint density at radius 1 is 1.29 bits per heavy atom. The fourth-order valence-electron chi connectivity index (χ4n) is 1.22. The van der Waals surface area contributed by atoms with Crippen LogP contribution in [0.15, 0.2) is 12.3 Å². The quantitative estimate of drug-likeness (QED) is 0.674. The van der Waals surface area contributed by atoms with Crippen LogP contribution in [0.5, 0.6) is 0 Å². The molecule has 0 spiro atoms. The molecule has 0 atom stereocenters. The number of nitrogens with zero attached hydrogens (tertiary/aromatic N) is 4. The first kappa shape index (κ1) is 8.93. The number of rotatable bonds is 0. The van der Waals surface area contributed by atoms with Gasteiger partial charge in [-0.15, -0.1) is 10.2 Å². The van der Waals surface area contributed by atoms with E-state index in [4.69, 9.17) is 5.73 Å². The van der Waals surface area contributed by atoms with Gasteiger partial charge in [0.1, 0.15) is 0 Å². The van der Waals surface area contributed by atoms with Gasteiger partial charge in [0.25, 0.3) is 5.78 Å².